The Kier molecular flexibility index (Phi) is 8.75. The third-order valence-corrected chi connectivity index (χ3v) is 8.21. The lowest BCUT2D eigenvalue weighted by molar-refractivity contribution is 0.171. The molecule has 42 heavy (non-hydrogen) atoms. The highest BCUT2D eigenvalue weighted by Gasteiger charge is 2.32. The van der Waals surface area contributed by atoms with Gasteiger partial charge in [0.25, 0.3) is 0 Å². The average molecular weight is 572 g/mol. The summed E-state index contributed by atoms with van der Waals surface area (Å²) in [5.41, 5.74) is 5.89. The van der Waals surface area contributed by atoms with E-state index in [1.54, 1.807) is 18.2 Å². The summed E-state index contributed by atoms with van der Waals surface area (Å²) >= 11 is 6.24. The molecule has 7 heteroatoms. The van der Waals surface area contributed by atoms with Crippen molar-refractivity contribution in [3.8, 4) is 24.0 Å². The molecule has 1 aliphatic rings. The van der Waals surface area contributed by atoms with Crippen molar-refractivity contribution >= 4 is 17.3 Å². The summed E-state index contributed by atoms with van der Waals surface area (Å²) in [6, 6.07) is 35.6. The summed E-state index contributed by atoms with van der Waals surface area (Å²) < 4.78 is 6.20. The Morgan fingerprint density at radius 2 is 1.38 bits per heavy atom. The zero-order valence-corrected chi connectivity index (χ0v) is 24.3. The van der Waals surface area contributed by atoms with Gasteiger partial charge in [-0.05, 0) is 79.1 Å². The van der Waals surface area contributed by atoms with Gasteiger partial charge in [-0.1, -0.05) is 48.0 Å². The summed E-state index contributed by atoms with van der Waals surface area (Å²) in [4.78, 5) is 4.75. The van der Waals surface area contributed by atoms with Crippen LogP contribution in [0.4, 0.5) is 5.69 Å². The second kappa shape index (κ2) is 12.8. The number of benzene rings is 4. The number of nitrogens with zero attached hydrogens (tertiary/aromatic N) is 5. The van der Waals surface area contributed by atoms with Crippen molar-refractivity contribution in [2.75, 3.05) is 24.5 Å². The van der Waals surface area contributed by atoms with Gasteiger partial charge in [-0.15, -0.1) is 0 Å². The first-order valence-electron chi connectivity index (χ1n) is 13.9. The van der Waals surface area contributed by atoms with Gasteiger partial charge in [0.05, 0.1) is 40.6 Å². The molecule has 0 radical (unpaired) electrons. The normalized spacial score (nSPS) is 16.5. The molecular formula is C35H30ClN5O. The van der Waals surface area contributed by atoms with Crippen LogP contribution in [0.2, 0.25) is 5.02 Å². The molecule has 208 valence electrons. The number of anilines is 1. The first-order chi connectivity index (χ1) is 20.4. The standard InChI is InChI=1S/C35H30ClN5O/c1-24(28-7-3-26(20-37)4-8-28)40-17-18-41(35(23-40)30-11-13-32(36)14-12-30)34-16-15-33(19-31(34)22-39)42-25(2)29-9-5-27(21-38)6-10-29/h3-16,19,24-25,35H,17-18,23H2,1-2H3/t24-,25-,35+/m1/s1. The molecule has 0 bridgehead atoms. The molecule has 0 aliphatic carbocycles. The zero-order chi connectivity index (χ0) is 29.6. The molecule has 0 N–H and O–H groups in total. The van der Waals surface area contributed by atoms with Gasteiger partial charge in [-0.25, -0.2) is 0 Å². The zero-order valence-electron chi connectivity index (χ0n) is 23.5. The summed E-state index contributed by atoms with van der Waals surface area (Å²) in [5, 5.41) is 29.1. The Labute approximate surface area is 252 Å². The van der Waals surface area contributed by atoms with Crippen LogP contribution in [-0.4, -0.2) is 24.5 Å². The van der Waals surface area contributed by atoms with Crippen molar-refractivity contribution in [2.24, 2.45) is 0 Å². The van der Waals surface area contributed by atoms with E-state index < -0.39 is 0 Å². The molecule has 3 atom stereocenters. The second-order valence-electron chi connectivity index (χ2n) is 10.5. The predicted octanol–water partition coefficient (Wildman–Crippen LogP) is 7.72. The number of nitriles is 3. The third kappa shape index (κ3) is 6.24. The maximum absolute atomic E-state index is 10.2. The van der Waals surface area contributed by atoms with Crippen LogP contribution in [0.15, 0.2) is 91.0 Å². The van der Waals surface area contributed by atoms with E-state index >= 15 is 0 Å². The van der Waals surface area contributed by atoms with Gasteiger partial charge in [0, 0.05) is 36.8 Å². The molecule has 1 saturated heterocycles. The Bertz CT molecular complexity index is 1660. The van der Waals surface area contributed by atoms with Gasteiger partial charge in [0.1, 0.15) is 17.9 Å². The largest absolute Gasteiger partial charge is 0.486 e. The fourth-order valence-electron chi connectivity index (χ4n) is 5.49. The minimum atomic E-state index is -0.246. The maximum atomic E-state index is 10.2. The smallest absolute Gasteiger partial charge is 0.121 e. The van der Waals surface area contributed by atoms with Crippen molar-refractivity contribution in [3.05, 3.63) is 129 Å². The van der Waals surface area contributed by atoms with E-state index in [-0.39, 0.29) is 18.2 Å². The Hall–Kier alpha value is -4.80. The molecule has 0 amide bonds. The number of piperazine rings is 1. The molecule has 1 heterocycles. The molecule has 0 spiro atoms. The van der Waals surface area contributed by atoms with E-state index in [1.165, 1.54) is 0 Å². The summed E-state index contributed by atoms with van der Waals surface area (Å²) in [6.07, 6.45) is -0.246. The van der Waals surface area contributed by atoms with Crippen LogP contribution < -0.4 is 9.64 Å². The Morgan fingerprint density at radius 3 is 1.98 bits per heavy atom. The van der Waals surface area contributed by atoms with Gasteiger partial charge < -0.3 is 9.64 Å². The summed E-state index contributed by atoms with van der Waals surface area (Å²) in [7, 11) is 0. The molecular weight excluding hydrogens is 542 g/mol. The van der Waals surface area contributed by atoms with Crippen LogP contribution in [0, 0.1) is 34.0 Å². The number of hydrogen-bond acceptors (Lipinski definition) is 6. The highest BCUT2D eigenvalue weighted by molar-refractivity contribution is 6.30. The first kappa shape index (κ1) is 28.7. The van der Waals surface area contributed by atoms with Gasteiger partial charge in [-0.3, -0.25) is 4.90 Å². The molecule has 0 aromatic heterocycles. The van der Waals surface area contributed by atoms with E-state index in [1.807, 2.05) is 67.6 Å². The fourth-order valence-corrected chi connectivity index (χ4v) is 5.62. The van der Waals surface area contributed by atoms with Gasteiger partial charge in [-0.2, -0.15) is 15.8 Å². The van der Waals surface area contributed by atoms with Crippen molar-refractivity contribution in [3.63, 3.8) is 0 Å². The molecule has 6 nitrogen and oxygen atoms in total. The summed E-state index contributed by atoms with van der Waals surface area (Å²) in [6.45, 7) is 6.43. The van der Waals surface area contributed by atoms with Crippen molar-refractivity contribution in [1.29, 1.82) is 15.8 Å². The Morgan fingerprint density at radius 1 is 0.762 bits per heavy atom. The first-order valence-corrected chi connectivity index (χ1v) is 14.2. The lowest BCUT2D eigenvalue weighted by atomic mass is 9.97. The highest BCUT2D eigenvalue weighted by Crippen LogP contribution is 2.37. The lowest BCUT2D eigenvalue weighted by Gasteiger charge is -2.45. The van der Waals surface area contributed by atoms with Gasteiger partial charge >= 0.3 is 0 Å². The minimum absolute atomic E-state index is 0.00621. The predicted molar refractivity (Wildman–Crippen MR) is 164 cm³/mol. The molecule has 1 aliphatic heterocycles. The van der Waals surface area contributed by atoms with E-state index in [0.717, 1.165) is 42.0 Å². The van der Waals surface area contributed by atoms with Gasteiger partial charge in [0.15, 0.2) is 0 Å². The maximum Gasteiger partial charge on any atom is 0.121 e. The molecule has 4 aromatic carbocycles. The monoisotopic (exact) mass is 571 g/mol. The summed E-state index contributed by atoms with van der Waals surface area (Å²) in [5.74, 6) is 0.614. The molecule has 1 fully saturated rings. The van der Waals surface area contributed by atoms with Crippen LogP contribution in [0.3, 0.4) is 0 Å². The number of ether oxygens (including phenoxy) is 1. The molecule has 5 rings (SSSR count). The molecule has 0 saturated carbocycles. The topological polar surface area (TPSA) is 87.1 Å². The fraction of sp³-hybridized carbons (Fsp3) is 0.229. The second-order valence-corrected chi connectivity index (χ2v) is 10.9. The van der Waals surface area contributed by atoms with Crippen LogP contribution >= 0.6 is 11.6 Å². The molecule has 4 aromatic rings. The van der Waals surface area contributed by atoms with E-state index in [2.05, 4.69) is 47.1 Å². The van der Waals surface area contributed by atoms with Crippen molar-refractivity contribution in [2.45, 2.75) is 32.0 Å². The molecule has 0 unspecified atom stereocenters. The lowest BCUT2D eigenvalue weighted by Crippen LogP contribution is -2.49. The quantitative estimate of drug-likeness (QED) is 0.226. The van der Waals surface area contributed by atoms with E-state index in [9.17, 15) is 10.5 Å². The van der Waals surface area contributed by atoms with Crippen LogP contribution in [0.5, 0.6) is 5.75 Å². The van der Waals surface area contributed by atoms with Crippen LogP contribution in [-0.2, 0) is 0 Å². The van der Waals surface area contributed by atoms with Gasteiger partial charge in [0.2, 0.25) is 0 Å². The average Bonchev–Trinajstić information content (AvgIpc) is 3.04. The van der Waals surface area contributed by atoms with E-state index in [4.69, 9.17) is 21.6 Å². The van der Waals surface area contributed by atoms with Crippen LogP contribution in [0.25, 0.3) is 0 Å². The minimum Gasteiger partial charge on any atom is -0.486 e. The third-order valence-electron chi connectivity index (χ3n) is 7.96. The van der Waals surface area contributed by atoms with E-state index in [0.29, 0.717) is 27.5 Å². The number of hydrogen-bond donors (Lipinski definition) is 0. The van der Waals surface area contributed by atoms with Crippen molar-refractivity contribution < 1.29 is 4.74 Å². The van der Waals surface area contributed by atoms with Crippen LogP contribution in [0.1, 0.15) is 65.4 Å². The highest BCUT2D eigenvalue weighted by atomic mass is 35.5. The SMILES string of the molecule is C[C@H](c1ccc(C#N)cc1)N1CCN(c2ccc(O[C@H](C)c3ccc(C#N)cc3)cc2C#N)[C@H](c2ccc(Cl)cc2)C1. The Balaban J connectivity index is 1.41. The number of halogens is 1. The van der Waals surface area contributed by atoms with Crippen molar-refractivity contribution in [1.82, 2.24) is 4.90 Å². The number of rotatable bonds is 7.